The van der Waals surface area contributed by atoms with E-state index in [9.17, 15) is 20.1 Å². The van der Waals surface area contributed by atoms with Gasteiger partial charge in [-0.3, -0.25) is 4.79 Å². The van der Waals surface area contributed by atoms with Crippen molar-refractivity contribution in [2.24, 2.45) is 10.8 Å². The lowest BCUT2D eigenvalue weighted by Crippen LogP contribution is -2.67. The first kappa shape index (κ1) is 16.5. The van der Waals surface area contributed by atoms with Crippen molar-refractivity contribution in [2.75, 3.05) is 13.2 Å². The van der Waals surface area contributed by atoms with Gasteiger partial charge in [-0.2, -0.15) is 0 Å². The minimum Gasteiger partial charge on any atom is -0.465 e. The molecule has 2 heterocycles. The van der Waals surface area contributed by atoms with Crippen molar-refractivity contribution in [3.05, 3.63) is 11.6 Å². The molecular formula is C17H24O7. The van der Waals surface area contributed by atoms with Crippen LogP contribution >= 0.6 is 0 Å². The molecule has 0 radical (unpaired) electrons. The minimum absolute atomic E-state index is 0.00799. The zero-order valence-corrected chi connectivity index (χ0v) is 14.1. The van der Waals surface area contributed by atoms with Gasteiger partial charge in [0.05, 0.1) is 24.9 Å². The fourth-order valence-electron chi connectivity index (χ4n) is 5.26. The summed E-state index contributed by atoms with van der Waals surface area (Å²) in [6, 6.07) is 0. The SMILES string of the molecule is CC(=O)OC[C@]12C[C@H](O)C(C)=C[C@H]1O[C@@H]1[C@H](O)[C@@H](O)[C@@]2(C)C12CO2. The molecule has 0 aromatic rings. The molecule has 3 N–H and O–H groups in total. The topological polar surface area (TPSA) is 109 Å². The maximum absolute atomic E-state index is 11.5. The summed E-state index contributed by atoms with van der Waals surface area (Å²) in [7, 11) is 0. The van der Waals surface area contributed by atoms with Crippen LogP contribution in [0.3, 0.4) is 0 Å². The molecule has 1 spiro atoms. The molecule has 8 atom stereocenters. The Morgan fingerprint density at radius 2 is 2.08 bits per heavy atom. The van der Waals surface area contributed by atoms with Gasteiger partial charge >= 0.3 is 5.97 Å². The van der Waals surface area contributed by atoms with Gasteiger partial charge in [0.2, 0.25) is 0 Å². The molecule has 0 aromatic heterocycles. The maximum Gasteiger partial charge on any atom is 0.302 e. The summed E-state index contributed by atoms with van der Waals surface area (Å²) in [5.41, 5.74) is -1.80. The fourth-order valence-corrected chi connectivity index (χ4v) is 5.26. The third-order valence-electron chi connectivity index (χ3n) is 6.92. The Labute approximate surface area is 140 Å². The molecule has 24 heavy (non-hydrogen) atoms. The summed E-state index contributed by atoms with van der Waals surface area (Å²) in [5, 5.41) is 31.9. The number of aliphatic hydroxyl groups excluding tert-OH is 3. The summed E-state index contributed by atoms with van der Waals surface area (Å²) < 4.78 is 17.2. The highest BCUT2D eigenvalue weighted by molar-refractivity contribution is 5.66. The molecule has 3 fully saturated rings. The van der Waals surface area contributed by atoms with Crippen LogP contribution in [0.2, 0.25) is 0 Å². The third kappa shape index (κ3) is 1.67. The van der Waals surface area contributed by atoms with Crippen LogP contribution in [0.4, 0.5) is 0 Å². The third-order valence-corrected chi connectivity index (χ3v) is 6.92. The Kier molecular flexibility index (Phi) is 3.29. The van der Waals surface area contributed by atoms with Crippen LogP contribution in [-0.2, 0) is 19.0 Å². The molecule has 7 nitrogen and oxygen atoms in total. The van der Waals surface area contributed by atoms with E-state index in [1.54, 1.807) is 0 Å². The van der Waals surface area contributed by atoms with E-state index in [1.807, 2.05) is 19.9 Å². The number of rotatable bonds is 2. The number of hydrogen-bond donors (Lipinski definition) is 3. The van der Waals surface area contributed by atoms with Crippen molar-refractivity contribution in [2.45, 2.75) is 63.3 Å². The zero-order chi connectivity index (χ0) is 17.5. The average Bonchev–Trinajstić information content (AvgIpc) is 3.30. The van der Waals surface area contributed by atoms with Crippen molar-refractivity contribution in [3.63, 3.8) is 0 Å². The summed E-state index contributed by atoms with van der Waals surface area (Å²) in [6.07, 6.45) is -1.92. The van der Waals surface area contributed by atoms with E-state index >= 15 is 0 Å². The first-order valence-corrected chi connectivity index (χ1v) is 8.35. The van der Waals surface area contributed by atoms with E-state index in [2.05, 4.69) is 0 Å². The van der Waals surface area contributed by atoms with Gasteiger partial charge in [-0.15, -0.1) is 0 Å². The summed E-state index contributed by atoms with van der Waals surface area (Å²) in [6.45, 7) is 5.36. The van der Waals surface area contributed by atoms with Crippen molar-refractivity contribution < 1.29 is 34.3 Å². The van der Waals surface area contributed by atoms with Gasteiger partial charge in [0.25, 0.3) is 0 Å². The van der Waals surface area contributed by atoms with E-state index in [1.165, 1.54) is 6.92 Å². The second-order valence-electron chi connectivity index (χ2n) is 7.86. The number of ether oxygens (including phenoxy) is 3. The molecule has 1 unspecified atom stereocenters. The Bertz CT molecular complexity index is 612. The number of aliphatic hydroxyl groups is 3. The largest absolute Gasteiger partial charge is 0.465 e. The van der Waals surface area contributed by atoms with Crippen molar-refractivity contribution in [1.29, 1.82) is 0 Å². The minimum atomic E-state index is -1.09. The molecule has 4 rings (SSSR count). The molecule has 1 saturated carbocycles. The second-order valence-corrected chi connectivity index (χ2v) is 7.86. The number of carbonyl (C=O) groups is 1. The van der Waals surface area contributed by atoms with Crippen LogP contribution in [0.1, 0.15) is 27.2 Å². The highest BCUT2D eigenvalue weighted by Gasteiger charge is 2.85. The maximum atomic E-state index is 11.5. The molecule has 2 bridgehead atoms. The molecule has 2 aliphatic heterocycles. The summed E-state index contributed by atoms with van der Waals surface area (Å²) >= 11 is 0. The average molecular weight is 340 g/mol. The van der Waals surface area contributed by atoms with Crippen LogP contribution in [0, 0.1) is 10.8 Å². The molecule has 7 heteroatoms. The normalized spacial score (nSPS) is 55.1. The molecule has 4 aliphatic rings. The predicted octanol–water partition coefficient (Wildman–Crippen LogP) is -0.475. The lowest BCUT2D eigenvalue weighted by Gasteiger charge is -2.58. The highest BCUT2D eigenvalue weighted by Crippen LogP contribution is 2.71. The second kappa shape index (κ2) is 4.80. The van der Waals surface area contributed by atoms with Gasteiger partial charge in [-0.25, -0.2) is 0 Å². The van der Waals surface area contributed by atoms with Crippen molar-refractivity contribution >= 4 is 5.97 Å². The standard InChI is InChI=1S/C17H24O7/c1-8-4-11-16(5-10(8)19,6-22-9(2)18)15(3)13(21)12(20)14(24-11)17(15)7-23-17/h4,10-14,19-21H,5-7H2,1-3H3/t10-,11+,12+,13+,14+,15+,16+,17?/m0/s1. The summed E-state index contributed by atoms with van der Waals surface area (Å²) in [4.78, 5) is 11.5. The Hall–Kier alpha value is -0.990. The Balaban J connectivity index is 1.87. The molecule has 0 amide bonds. The number of epoxide rings is 1. The van der Waals surface area contributed by atoms with E-state index in [0.717, 1.165) is 5.57 Å². The molecule has 2 saturated heterocycles. The van der Waals surface area contributed by atoms with Gasteiger partial charge in [0, 0.05) is 17.8 Å². The van der Waals surface area contributed by atoms with Gasteiger partial charge in [0.15, 0.2) is 0 Å². The van der Waals surface area contributed by atoms with Gasteiger partial charge in [-0.1, -0.05) is 13.0 Å². The lowest BCUT2D eigenvalue weighted by atomic mass is 9.51. The van der Waals surface area contributed by atoms with E-state index in [0.29, 0.717) is 6.61 Å². The van der Waals surface area contributed by atoms with Crippen LogP contribution in [0.5, 0.6) is 0 Å². The van der Waals surface area contributed by atoms with Crippen LogP contribution in [-0.4, -0.2) is 70.6 Å². The Morgan fingerprint density at radius 3 is 2.67 bits per heavy atom. The van der Waals surface area contributed by atoms with Gasteiger partial charge < -0.3 is 29.5 Å². The lowest BCUT2D eigenvalue weighted by molar-refractivity contribution is -0.237. The van der Waals surface area contributed by atoms with Crippen LogP contribution in [0.25, 0.3) is 0 Å². The first-order chi connectivity index (χ1) is 11.2. The number of fused-ring (bicyclic) bond motifs is 2. The number of esters is 1. The monoisotopic (exact) mass is 340 g/mol. The van der Waals surface area contributed by atoms with E-state index in [4.69, 9.17) is 14.2 Å². The summed E-state index contributed by atoms with van der Waals surface area (Å²) in [5.74, 6) is -0.437. The van der Waals surface area contributed by atoms with Gasteiger partial charge in [-0.05, 0) is 18.9 Å². The number of carbonyl (C=O) groups excluding carboxylic acids is 1. The Morgan fingerprint density at radius 1 is 1.42 bits per heavy atom. The first-order valence-electron chi connectivity index (χ1n) is 8.35. The highest BCUT2D eigenvalue weighted by atomic mass is 16.6. The smallest absolute Gasteiger partial charge is 0.302 e. The fraction of sp³-hybridized carbons (Fsp3) is 0.824. The molecule has 2 aliphatic carbocycles. The van der Waals surface area contributed by atoms with Crippen LogP contribution < -0.4 is 0 Å². The van der Waals surface area contributed by atoms with Gasteiger partial charge in [0.1, 0.15) is 24.4 Å². The molecular weight excluding hydrogens is 316 g/mol. The van der Waals surface area contributed by atoms with E-state index < -0.39 is 52.9 Å². The predicted molar refractivity (Wildman–Crippen MR) is 80.9 cm³/mol. The number of hydrogen-bond acceptors (Lipinski definition) is 7. The van der Waals surface area contributed by atoms with Crippen LogP contribution in [0.15, 0.2) is 11.6 Å². The zero-order valence-electron chi connectivity index (χ0n) is 14.1. The molecule has 134 valence electrons. The molecule has 0 aromatic carbocycles. The van der Waals surface area contributed by atoms with Crippen molar-refractivity contribution in [3.8, 4) is 0 Å². The quantitative estimate of drug-likeness (QED) is 0.354. The van der Waals surface area contributed by atoms with Crippen molar-refractivity contribution in [1.82, 2.24) is 0 Å². The van der Waals surface area contributed by atoms with E-state index in [-0.39, 0.29) is 13.0 Å².